The highest BCUT2D eigenvalue weighted by Gasteiger charge is 2.02. The van der Waals surface area contributed by atoms with Crippen LogP contribution in [0.2, 0.25) is 0 Å². The molecule has 0 aliphatic rings. The van der Waals surface area contributed by atoms with Crippen molar-refractivity contribution in [2.24, 2.45) is 10.7 Å². The van der Waals surface area contributed by atoms with Gasteiger partial charge in [0.25, 0.3) is 0 Å². The van der Waals surface area contributed by atoms with Crippen LogP contribution in [-0.2, 0) is 0 Å². The van der Waals surface area contributed by atoms with Crippen molar-refractivity contribution >= 4 is 46.2 Å². The molecule has 0 amide bonds. The van der Waals surface area contributed by atoms with Crippen molar-refractivity contribution in [2.45, 2.75) is 0 Å². The van der Waals surface area contributed by atoms with Crippen LogP contribution in [0.1, 0.15) is 11.3 Å². The first kappa shape index (κ1) is 16.0. The van der Waals surface area contributed by atoms with Crippen molar-refractivity contribution in [2.75, 3.05) is 5.88 Å². The zero-order valence-electron chi connectivity index (χ0n) is 12.9. The van der Waals surface area contributed by atoms with Gasteiger partial charge in [-0.3, -0.25) is 0 Å². The minimum absolute atomic E-state index is 0.169. The number of nitrogens with two attached hydrogens (primary N) is 1. The second kappa shape index (κ2) is 7.15. The minimum atomic E-state index is 0.169. The Morgan fingerprint density at radius 2 is 1.92 bits per heavy atom. The molecule has 0 spiro atoms. The van der Waals surface area contributed by atoms with Gasteiger partial charge in [-0.05, 0) is 24.3 Å². The Morgan fingerprint density at radius 3 is 2.75 bits per heavy atom. The van der Waals surface area contributed by atoms with Gasteiger partial charge in [-0.25, -0.2) is 9.98 Å². The van der Waals surface area contributed by atoms with E-state index in [4.69, 9.17) is 17.3 Å². The van der Waals surface area contributed by atoms with Gasteiger partial charge in [0, 0.05) is 10.9 Å². The molecule has 0 aliphatic carbocycles. The number of aliphatic imine (C=N–C) groups is 1. The van der Waals surface area contributed by atoms with Gasteiger partial charge in [-0.2, -0.15) is 0 Å². The summed E-state index contributed by atoms with van der Waals surface area (Å²) in [5, 5.41) is 10.8. The Morgan fingerprint density at radius 1 is 1.08 bits per heavy atom. The maximum Gasteiger partial charge on any atom is 0.141 e. The molecule has 2 aromatic carbocycles. The third-order valence-electron chi connectivity index (χ3n) is 3.49. The molecule has 1 heterocycles. The quantitative estimate of drug-likeness (QED) is 0.422. The Hall–Kier alpha value is -2.85. The minimum Gasteiger partial charge on any atom is -0.506 e. The lowest BCUT2D eigenvalue weighted by molar-refractivity contribution is 0.480. The fourth-order valence-corrected chi connectivity index (χ4v) is 2.39. The maximum absolute atomic E-state index is 9.92. The smallest absolute Gasteiger partial charge is 0.141 e. The number of rotatable bonds is 4. The molecule has 0 saturated heterocycles. The number of phenols is 1. The van der Waals surface area contributed by atoms with Crippen LogP contribution >= 0.6 is 11.6 Å². The number of fused-ring (bicyclic) bond motifs is 1. The molecule has 0 aliphatic heterocycles. The topological polar surface area (TPSA) is 71.5 Å². The number of hydrogen-bond acceptors (Lipinski definition) is 3. The predicted molar refractivity (Wildman–Crippen MR) is 101 cm³/mol. The first-order chi connectivity index (χ1) is 11.7. The van der Waals surface area contributed by atoms with Crippen molar-refractivity contribution in [1.29, 1.82) is 0 Å². The van der Waals surface area contributed by atoms with E-state index in [1.807, 2.05) is 54.6 Å². The van der Waals surface area contributed by atoms with Crippen LogP contribution in [0.3, 0.4) is 0 Å². The monoisotopic (exact) mass is 337 g/mol. The van der Waals surface area contributed by atoms with E-state index in [9.17, 15) is 5.11 Å². The summed E-state index contributed by atoms with van der Waals surface area (Å²) < 4.78 is 0. The van der Waals surface area contributed by atoms with Crippen LogP contribution in [0.15, 0.2) is 59.6 Å². The summed E-state index contributed by atoms with van der Waals surface area (Å²) in [5.74, 6) is 0.720. The number of benzene rings is 2. The van der Waals surface area contributed by atoms with Crippen LogP contribution in [0.25, 0.3) is 23.1 Å². The first-order valence-electron chi connectivity index (χ1n) is 7.42. The lowest BCUT2D eigenvalue weighted by Gasteiger charge is -2.03. The SMILES string of the molecule is NC(CCl)=Nc1ccccc1C=Cc1ccc2cccc(O)c2n1. The Balaban J connectivity index is 1.96. The number of pyridine rings is 1. The molecule has 3 N–H and O–H groups in total. The standard InChI is InChI=1S/C19H16ClN3O/c20-12-18(21)23-16-6-2-1-4-13(16)8-10-15-11-9-14-5-3-7-17(24)19(14)22-15/h1-11,24H,12H2,(H2,21,23). The van der Waals surface area contributed by atoms with E-state index in [2.05, 4.69) is 9.98 Å². The molecule has 4 nitrogen and oxygen atoms in total. The molecular formula is C19H16ClN3O. The molecule has 1 aromatic heterocycles. The lowest BCUT2D eigenvalue weighted by Crippen LogP contribution is -2.12. The summed E-state index contributed by atoms with van der Waals surface area (Å²) in [6, 6.07) is 16.8. The van der Waals surface area contributed by atoms with Crippen LogP contribution in [-0.4, -0.2) is 21.8 Å². The predicted octanol–water partition coefficient (Wildman–Crippen LogP) is 4.34. The fraction of sp³-hybridized carbons (Fsp3) is 0.0526. The van der Waals surface area contributed by atoms with E-state index >= 15 is 0 Å². The van der Waals surface area contributed by atoms with Gasteiger partial charge in [-0.1, -0.05) is 42.5 Å². The summed E-state index contributed by atoms with van der Waals surface area (Å²) in [6.45, 7) is 0. The Bertz CT molecular complexity index is 935. The van der Waals surface area contributed by atoms with E-state index in [1.54, 1.807) is 12.1 Å². The van der Waals surface area contributed by atoms with E-state index < -0.39 is 0 Å². The highest BCUT2D eigenvalue weighted by atomic mass is 35.5. The number of halogens is 1. The number of nitrogens with zero attached hydrogens (tertiary/aromatic N) is 2. The van der Waals surface area contributed by atoms with Crippen molar-refractivity contribution in [3.05, 3.63) is 65.9 Å². The number of para-hydroxylation sites is 2. The Kier molecular flexibility index (Phi) is 4.77. The molecule has 0 radical (unpaired) electrons. The van der Waals surface area contributed by atoms with Crippen LogP contribution < -0.4 is 5.73 Å². The Labute approximate surface area is 144 Å². The molecule has 0 saturated carbocycles. The normalized spacial score (nSPS) is 12.1. The molecule has 3 rings (SSSR count). The van der Waals surface area contributed by atoms with E-state index in [-0.39, 0.29) is 11.6 Å². The van der Waals surface area contributed by atoms with Gasteiger partial charge in [0.05, 0.1) is 17.3 Å². The zero-order valence-corrected chi connectivity index (χ0v) is 13.6. The summed E-state index contributed by atoms with van der Waals surface area (Å²) in [7, 11) is 0. The lowest BCUT2D eigenvalue weighted by atomic mass is 10.1. The molecule has 0 fully saturated rings. The molecule has 0 unspecified atom stereocenters. The molecule has 0 atom stereocenters. The second-order valence-corrected chi connectivity index (χ2v) is 5.48. The third-order valence-corrected chi connectivity index (χ3v) is 3.77. The molecular weight excluding hydrogens is 322 g/mol. The summed E-state index contributed by atoms with van der Waals surface area (Å²) in [5.41, 5.74) is 8.69. The first-order valence-corrected chi connectivity index (χ1v) is 7.95. The highest BCUT2D eigenvalue weighted by Crippen LogP contribution is 2.24. The summed E-state index contributed by atoms with van der Waals surface area (Å²) in [6.07, 6.45) is 3.78. The number of amidine groups is 1. The number of aromatic hydroxyl groups is 1. The highest BCUT2D eigenvalue weighted by molar-refractivity contribution is 6.28. The largest absolute Gasteiger partial charge is 0.506 e. The number of hydrogen-bond donors (Lipinski definition) is 2. The van der Waals surface area contributed by atoms with E-state index in [1.165, 1.54) is 0 Å². The van der Waals surface area contributed by atoms with Crippen molar-refractivity contribution in [3.8, 4) is 5.75 Å². The number of alkyl halides is 1. The van der Waals surface area contributed by atoms with E-state index in [0.717, 1.165) is 22.3 Å². The van der Waals surface area contributed by atoms with Crippen molar-refractivity contribution in [1.82, 2.24) is 4.98 Å². The maximum atomic E-state index is 9.92. The number of aromatic nitrogens is 1. The molecule has 24 heavy (non-hydrogen) atoms. The van der Waals surface area contributed by atoms with Crippen molar-refractivity contribution < 1.29 is 5.11 Å². The van der Waals surface area contributed by atoms with Gasteiger partial charge in [0.1, 0.15) is 17.1 Å². The third kappa shape index (κ3) is 3.55. The zero-order chi connectivity index (χ0) is 16.9. The molecule has 120 valence electrons. The van der Waals surface area contributed by atoms with Crippen LogP contribution in [0, 0.1) is 0 Å². The van der Waals surface area contributed by atoms with Gasteiger partial charge in [-0.15, -0.1) is 11.6 Å². The van der Waals surface area contributed by atoms with Crippen LogP contribution in [0.4, 0.5) is 5.69 Å². The van der Waals surface area contributed by atoms with E-state index in [0.29, 0.717) is 11.4 Å². The second-order valence-electron chi connectivity index (χ2n) is 5.21. The summed E-state index contributed by atoms with van der Waals surface area (Å²) >= 11 is 5.69. The number of phenolic OH excluding ortho intramolecular Hbond substituents is 1. The van der Waals surface area contributed by atoms with Gasteiger partial charge < -0.3 is 10.8 Å². The molecule has 0 bridgehead atoms. The van der Waals surface area contributed by atoms with Gasteiger partial charge in [0.15, 0.2) is 0 Å². The summed E-state index contributed by atoms with van der Waals surface area (Å²) in [4.78, 5) is 8.78. The average Bonchev–Trinajstić information content (AvgIpc) is 2.61. The average molecular weight is 338 g/mol. The molecule has 5 heteroatoms. The van der Waals surface area contributed by atoms with Gasteiger partial charge >= 0.3 is 0 Å². The van der Waals surface area contributed by atoms with Gasteiger partial charge in [0.2, 0.25) is 0 Å². The molecule has 3 aromatic rings. The van der Waals surface area contributed by atoms with Crippen LogP contribution in [0.5, 0.6) is 5.75 Å². The fourth-order valence-electron chi connectivity index (χ4n) is 2.33. The van der Waals surface area contributed by atoms with Crippen molar-refractivity contribution in [3.63, 3.8) is 0 Å².